The van der Waals surface area contributed by atoms with Crippen molar-refractivity contribution < 1.29 is 18.6 Å². The molecule has 0 saturated heterocycles. The predicted molar refractivity (Wildman–Crippen MR) is 56.8 cm³/mol. The molecule has 1 aromatic rings. The summed E-state index contributed by atoms with van der Waals surface area (Å²) in [5, 5.41) is 12.5. The van der Waals surface area contributed by atoms with Crippen LogP contribution in [0.5, 0.6) is 5.75 Å². The molecule has 16 heavy (non-hydrogen) atoms. The van der Waals surface area contributed by atoms with Crippen LogP contribution in [0.1, 0.15) is 23.7 Å². The summed E-state index contributed by atoms with van der Waals surface area (Å²) in [4.78, 5) is 0. The maximum absolute atomic E-state index is 12.8. The first-order valence-electron chi connectivity index (χ1n) is 4.89. The number of aliphatic hydroxyl groups excluding tert-OH is 1. The van der Waals surface area contributed by atoms with Crippen LogP contribution < -0.4 is 10.1 Å². The summed E-state index contributed by atoms with van der Waals surface area (Å²) in [5.41, 5.74) is -0.0450. The van der Waals surface area contributed by atoms with Gasteiger partial charge in [-0.05, 0) is 13.1 Å². The molecule has 1 atom stereocenters. The average Bonchev–Trinajstić information content (AvgIpc) is 2.28. The number of hydrogen-bond donors (Lipinski definition) is 2. The number of methoxy groups -OCH3 is 1. The van der Waals surface area contributed by atoms with Crippen molar-refractivity contribution in [2.45, 2.75) is 12.5 Å². The van der Waals surface area contributed by atoms with Gasteiger partial charge in [0.15, 0.2) is 0 Å². The molecular formula is C11H15F2NO2. The van der Waals surface area contributed by atoms with E-state index in [1.165, 1.54) is 19.2 Å². The van der Waals surface area contributed by atoms with E-state index in [0.717, 1.165) is 0 Å². The number of ether oxygens (including phenoxy) is 1. The maximum atomic E-state index is 12.8. The number of benzene rings is 1. The van der Waals surface area contributed by atoms with Crippen LogP contribution in [0.25, 0.3) is 0 Å². The van der Waals surface area contributed by atoms with Crippen molar-refractivity contribution in [3.8, 4) is 5.75 Å². The maximum Gasteiger partial charge on any atom is 0.264 e. The average molecular weight is 231 g/mol. The highest BCUT2D eigenvalue weighted by molar-refractivity contribution is 5.42. The molecule has 3 nitrogen and oxygen atoms in total. The molecule has 0 aliphatic carbocycles. The lowest BCUT2D eigenvalue weighted by Crippen LogP contribution is -2.18. The van der Waals surface area contributed by atoms with Crippen molar-refractivity contribution in [1.29, 1.82) is 0 Å². The molecule has 1 rings (SSSR count). The first-order chi connectivity index (χ1) is 7.61. The van der Waals surface area contributed by atoms with Crippen LogP contribution in [0.2, 0.25) is 0 Å². The minimum Gasteiger partial charge on any atom is -0.496 e. The van der Waals surface area contributed by atoms with Crippen molar-refractivity contribution in [1.82, 2.24) is 5.32 Å². The van der Waals surface area contributed by atoms with Crippen molar-refractivity contribution in [3.05, 3.63) is 29.3 Å². The second kappa shape index (κ2) is 5.77. The van der Waals surface area contributed by atoms with Crippen LogP contribution in [-0.2, 0) is 0 Å². The number of hydrogen-bond acceptors (Lipinski definition) is 3. The van der Waals surface area contributed by atoms with Crippen LogP contribution in [0.4, 0.5) is 8.78 Å². The van der Waals surface area contributed by atoms with E-state index in [0.29, 0.717) is 0 Å². The number of aliphatic hydroxyl groups is 1. The van der Waals surface area contributed by atoms with Crippen molar-refractivity contribution in [3.63, 3.8) is 0 Å². The van der Waals surface area contributed by atoms with Gasteiger partial charge in [0.2, 0.25) is 0 Å². The lowest BCUT2D eigenvalue weighted by atomic mass is 10.0. The lowest BCUT2D eigenvalue weighted by molar-refractivity contribution is 0.134. The summed E-state index contributed by atoms with van der Waals surface area (Å²) in [5.74, 6) is 0.278. The largest absolute Gasteiger partial charge is 0.496 e. The molecule has 0 saturated carbocycles. The normalized spacial score (nSPS) is 12.9. The van der Waals surface area contributed by atoms with Crippen molar-refractivity contribution in [2.75, 3.05) is 20.7 Å². The van der Waals surface area contributed by atoms with Gasteiger partial charge in [-0.3, -0.25) is 0 Å². The van der Waals surface area contributed by atoms with E-state index in [2.05, 4.69) is 5.32 Å². The fraction of sp³-hybridized carbons (Fsp3) is 0.455. The molecule has 0 radical (unpaired) electrons. The number of halogens is 2. The van der Waals surface area contributed by atoms with E-state index in [-0.39, 0.29) is 23.4 Å². The minimum absolute atomic E-state index is 0.148. The lowest BCUT2D eigenvalue weighted by Gasteiger charge is -2.18. The molecule has 90 valence electrons. The zero-order valence-corrected chi connectivity index (χ0v) is 9.21. The van der Waals surface area contributed by atoms with Crippen molar-refractivity contribution in [2.24, 2.45) is 0 Å². The smallest absolute Gasteiger partial charge is 0.264 e. The highest BCUT2D eigenvalue weighted by Crippen LogP contribution is 2.34. The molecule has 2 N–H and O–H groups in total. The van der Waals surface area contributed by atoms with Crippen LogP contribution in [0, 0.1) is 0 Å². The first kappa shape index (κ1) is 12.9. The monoisotopic (exact) mass is 231 g/mol. The van der Waals surface area contributed by atoms with E-state index < -0.39 is 12.5 Å². The van der Waals surface area contributed by atoms with Gasteiger partial charge in [0, 0.05) is 17.7 Å². The standard InChI is InChI=1S/C11H15F2NO2/c1-14-6-8(15)10-7(11(12)13)4-3-5-9(10)16-2/h3-5,8,11,14-15H,6H2,1-2H3. The van der Waals surface area contributed by atoms with Gasteiger partial charge < -0.3 is 15.2 Å². The molecule has 1 aromatic carbocycles. The van der Waals surface area contributed by atoms with E-state index in [1.807, 2.05) is 0 Å². The number of rotatable bonds is 5. The number of likely N-dealkylation sites (N-methyl/N-ethyl adjacent to an activating group) is 1. The summed E-state index contributed by atoms with van der Waals surface area (Å²) >= 11 is 0. The van der Waals surface area contributed by atoms with E-state index in [9.17, 15) is 13.9 Å². The van der Waals surface area contributed by atoms with Gasteiger partial charge in [-0.2, -0.15) is 0 Å². The zero-order chi connectivity index (χ0) is 12.1. The van der Waals surface area contributed by atoms with Crippen LogP contribution in [0.15, 0.2) is 18.2 Å². The molecule has 0 spiro atoms. The van der Waals surface area contributed by atoms with E-state index in [1.54, 1.807) is 13.1 Å². The summed E-state index contributed by atoms with van der Waals surface area (Å²) in [6.45, 7) is 0.195. The molecule has 0 bridgehead atoms. The fourth-order valence-electron chi connectivity index (χ4n) is 1.58. The highest BCUT2D eigenvalue weighted by atomic mass is 19.3. The Balaban J connectivity index is 3.18. The van der Waals surface area contributed by atoms with Gasteiger partial charge >= 0.3 is 0 Å². The predicted octanol–water partition coefficient (Wildman–Crippen LogP) is 1.89. The van der Waals surface area contributed by atoms with E-state index >= 15 is 0 Å². The van der Waals surface area contributed by atoms with Gasteiger partial charge in [0.1, 0.15) is 5.75 Å². The SMILES string of the molecule is CNCC(O)c1c(OC)cccc1C(F)F. The van der Waals surface area contributed by atoms with Gasteiger partial charge in [-0.25, -0.2) is 8.78 Å². The molecule has 5 heteroatoms. The summed E-state index contributed by atoms with van der Waals surface area (Å²) < 4.78 is 30.5. The minimum atomic E-state index is -2.63. The van der Waals surface area contributed by atoms with Crippen LogP contribution in [-0.4, -0.2) is 25.8 Å². The summed E-state index contributed by atoms with van der Waals surface area (Å²) in [6, 6.07) is 4.33. The fourth-order valence-corrected chi connectivity index (χ4v) is 1.58. The highest BCUT2D eigenvalue weighted by Gasteiger charge is 2.22. The Labute approximate surface area is 93.0 Å². The molecular weight excluding hydrogens is 216 g/mol. The second-order valence-electron chi connectivity index (χ2n) is 3.34. The molecule has 1 unspecified atom stereocenters. The Hall–Kier alpha value is -1.20. The Bertz CT molecular complexity index is 345. The van der Waals surface area contributed by atoms with E-state index in [4.69, 9.17) is 4.74 Å². The zero-order valence-electron chi connectivity index (χ0n) is 9.21. The molecule has 0 aliphatic rings. The van der Waals surface area contributed by atoms with Crippen LogP contribution >= 0.6 is 0 Å². The van der Waals surface area contributed by atoms with Gasteiger partial charge in [0.25, 0.3) is 6.43 Å². The number of alkyl halides is 2. The van der Waals surface area contributed by atoms with Gasteiger partial charge in [-0.1, -0.05) is 12.1 Å². The molecule has 0 aliphatic heterocycles. The Morgan fingerprint density at radius 3 is 2.62 bits per heavy atom. The Morgan fingerprint density at radius 2 is 2.12 bits per heavy atom. The number of nitrogens with one attached hydrogen (secondary N) is 1. The van der Waals surface area contributed by atoms with Gasteiger partial charge in [0.05, 0.1) is 13.2 Å². The molecule has 0 aromatic heterocycles. The molecule has 0 heterocycles. The summed E-state index contributed by atoms with van der Waals surface area (Å²) in [6.07, 6.45) is -3.64. The quantitative estimate of drug-likeness (QED) is 0.813. The third kappa shape index (κ3) is 2.68. The summed E-state index contributed by atoms with van der Waals surface area (Å²) in [7, 11) is 3.03. The third-order valence-corrected chi connectivity index (χ3v) is 2.29. The molecule has 0 amide bonds. The van der Waals surface area contributed by atoms with Crippen molar-refractivity contribution >= 4 is 0 Å². The first-order valence-corrected chi connectivity index (χ1v) is 4.89. The Morgan fingerprint density at radius 1 is 1.44 bits per heavy atom. The van der Waals surface area contributed by atoms with Crippen LogP contribution in [0.3, 0.4) is 0 Å². The third-order valence-electron chi connectivity index (χ3n) is 2.29. The van der Waals surface area contributed by atoms with Gasteiger partial charge in [-0.15, -0.1) is 0 Å². The molecule has 0 fully saturated rings. The topological polar surface area (TPSA) is 41.5 Å². The Kier molecular flexibility index (Phi) is 4.64. The second-order valence-corrected chi connectivity index (χ2v) is 3.34.